The maximum absolute atomic E-state index is 4.45. The fraction of sp³-hybridized carbons (Fsp3) is 0.857. The number of nitrogens with zero attached hydrogens (tertiary/aromatic N) is 4. The van der Waals surface area contributed by atoms with Crippen LogP contribution in [0.5, 0.6) is 0 Å². The number of nitrogens with one attached hydrogen (secondary N) is 1. The molecule has 3 rings (SSSR count). The van der Waals surface area contributed by atoms with Gasteiger partial charge in [0.05, 0.1) is 6.54 Å². The van der Waals surface area contributed by atoms with Crippen LogP contribution >= 0.6 is 0 Å². The van der Waals surface area contributed by atoms with Crippen LogP contribution < -0.4 is 5.32 Å². The van der Waals surface area contributed by atoms with Crippen LogP contribution in [0.1, 0.15) is 38.9 Å². The molecule has 1 aromatic rings. The van der Waals surface area contributed by atoms with Crippen LogP contribution in [0.2, 0.25) is 0 Å². The molecule has 0 aromatic carbocycles. The minimum Gasteiger partial charge on any atom is -0.310 e. The summed E-state index contributed by atoms with van der Waals surface area (Å²) in [7, 11) is 0. The molecule has 5 heteroatoms. The Hall–Kier alpha value is -0.940. The predicted molar refractivity (Wildman–Crippen MR) is 74.7 cm³/mol. The summed E-state index contributed by atoms with van der Waals surface area (Å²) in [4.78, 5) is 6.99. The van der Waals surface area contributed by atoms with Gasteiger partial charge in [0.1, 0.15) is 12.2 Å². The maximum Gasteiger partial charge on any atom is 0.141 e. The Kier molecular flexibility index (Phi) is 3.84. The quantitative estimate of drug-likeness (QED) is 0.888. The fourth-order valence-electron chi connectivity index (χ4n) is 3.27. The molecule has 19 heavy (non-hydrogen) atoms. The highest BCUT2D eigenvalue weighted by Crippen LogP contribution is 2.21. The summed E-state index contributed by atoms with van der Waals surface area (Å²) in [5, 5.41) is 8.08. The highest BCUT2D eigenvalue weighted by Gasteiger charge is 2.29. The van der Waals surface area contributed by atoms with Crippen LogP contribution in [0.3, 0.4) is 0 Å². The molecule has 0 saturated carbocycles. The van der Waals surface area contributed by atoms with Gasteiger partial charge in [-0.05, 0) is 25.2 Å². The molecular weight excluding hydrogens is 238 g/mol. The van der Waals surface area contributed by atoms with Crippen molar-refractivity contribution in [2.75, 3.05) is 13.1 Å². The average molecular weight is 263 g/mol. The lowest BCUT2D eigenvalue weighted by Gasteiger charge is -2.23. The first-order chi connectivity index (χ1) is 9.20. The van der Waals surface area contributed by atoms with Crippen molar-refractivity contribution in [3.8, 4) is 0 Å². The van der Waals surface area contributed by atoms with Gasteiger partial charge in [0.2, 0.25) is 0 Å². The van der Waals surface area contributed by atoms with Crippen LogP contribution in [0.25, 0.3) is 0 Å². The van der Waals surface area contributed by atoms with E-state index in [1.165, 1.54) is 25.8 Å². The first kappa shape index (κ1) is 13.1. The summed E-state index contributed by atoms with van der Waals surface area (Å²) in [6.45, 7) is 8.69. The van der Waals surface area contributed by atoms with Crippen LogP contribution in [-0.4, -0.2) is 44.8 Å². The lowest BCUT2D eigenvalue weighted by molar-refractivity contribution is 0.239. The van der Waals surface area contributed by atoms with Gasteiger partial charge in [-0.15, -0.1) is 0 Å². The standard InChI is InChI=1S/C14H25N5/c1-11(2)7-19-14(15-10-16-19)9-18-6-5-12-3-4-13(8-18)17-12/h10-13,17H,3-9H2,1-2H3. The van der Waals surface area contributed by atoms with Gasteiger partial charge < -0.3 is 5.32 Å². The van der Waals surface area contributed by atoms with E-state index in [1.807, 2.05) is 0 Å². The molecule has 1 N–H and O–H groups in total. The first-order valence-corrected chi connectivity index (χ1v) is 7.56. The Morgan fingerprint density at radius 2 is 2.16 bits per heavy atom. The van der Waals surface area contributed by atoms with Crippen molar-refractivity contribution in [2.24, 2.45) is 5.92 Å². The SMILES string of the molecule is CC(C)Cn1ncnc1CN1CCC2CCC(C1)N2. The van der Waals surface area contributed by atoms with Gasteiger partial charge in [-0.25, -0.2) is 9.67 Å². The molecule has 2 aliphatic heterocycles. The maximum atomic E-state index is 4.45. The lowest BCUT2D eigenvalue weighted by atomic mass is 10.1. The Morgan fingerprint density at radius 1 is 1.32 bits per heavy atom. The molecule has 0 amide bonds. The lowest BCUT2D eigenvalue weighted by Crippen LogP contribution is -2.35. The van der Waals surface area contributed by atoms with Gasteiger partial charge in [0.15, 0.2) is 0 Å². The monoisotopic (exact) mass is 263 g/mol. The van der Waals surface area contributed by atoms with Crippen molar-refractivity contribution in [1.82, 2.24) is 25.0 Å². The molecule has 0 radical (unpaired) electrons. The third-order valence-corrected chi connectivity index (χ3v) is 4.21. The third kappa shape index (κ3) is 3.15. The Bertz CT molecular complexity index is 414. The summed E-state index contributed by atoms with van der Waals surface area (Å²) in [5.41, 5.74) is 0. The minimum absolute atomic E-state index is 0.613. The molecule has 5 nitrogen and oxygen atoms in total. The Morgan fingerprint density at radius 3 is 3.00 bits per heavy atom. The van der Waals surface area contributed by atoms with Gasteiger partial charge >= 0.3 is 0 Å². The molecule has 2 fully saturated rings. The van der Waals surface area contributed by atoms with E-state index in [4.69, 9.17) is 0 Å². The average Bonchev–Trinajstić information content (AvgIpc) is 2.89. The highest BCUT2D eigenvalue weighted by molar-refractivity contribution is 4.92. The second-order valence-electron chi connectivity index (χ2n) is 6.41. The molecule has 2 bridgehead atoms. The van der Waals surface area contributed by atoms with Gasteiger partial charge in [-0.3, -0.25) is 4.90 Å². The Labute approximate surface area is 115 Å². The predicted octanol–water partition coefficient (Wildman–Crippen LogP) is 1.26. The van der Waals surface area contributed by atoms with Crippen LogP contribution in [0.4, 0.5) is 0 Å². The molecule has 1 aromatic heterocycles. The van der Waals surface area contributed by atoms with Crippen molar-refractivity contribution < 1.29 is 0 Å². The zero-order chi connectivity index (χ0) is 13.2. The van der Waals surface area contributed by atoms with Gasteiger partial charge in [0.25, 0.3) is 0 Å². The largest absolute Gasteiger partial charge is 0.310 e. The Balaban J connectivity index is 1.63. The number of hydrogen-bond donors (Lipinski definition) is 1. The molecule has 0 aliphatic carbocycles. The number of hydrogen-bond acceptors (Lipinski definition) is 4. The number of aromatic nitrogens is 3. The van der Waals surface area contributed by atoms with Crippen molar-refractivity contribution in [3.05, 3.63) is 12.2 Å². The summed E-state index contributed by atoms with van der Waals surface area (Å²) in [5.74, 6) is 1.73. The number of rotatable bonds is 4. The molecule has 0 spiro atoms. The van der Waals surface area contributed by atoms with Gasteiger partial charge in [-0.1, -0.05) is 13.8 Å². The molecular formula is C14H25N5. The van der Waals surface area contributed by atoms with Crippen LogP contribution in [0.15, 0.2) is 6.33 Å². The van der Waals surface area contributed by atoms with E-state index >= 15 is 0 Å². The minimum atomic E-state index is 0.613. The zero-order valence-electron chi connectivity index (χ0n) is 12.0. The van der Waals surface area contributed by atoms with Gasteiger partial charge in [0, 0.05) is 31.7 Å². The van der Waals surface area contributed by atoms with Crippen molar-refractivity contribution >= 4 is 0 Å². The number of fused-ring (bicyclic) bond motifs is 2. The van der Waals surface area contributed by atoms with E-state index < -0.39 is 0 Å². The van der Waals surface area contributed by atoms with Crippen molar-refractivity contribution in [2.45, 2.75) is 58.3 Å². The van der Waals surface area contributed by atoms with Crippen LogP contribution in [0, 0.1) is 5.92 Å². The highest BCUT2D eigenvalue weighted by atomic mass is 15.4. The second kappa shape index (κ2) is 5.59. The van der Waals surface area contributed by atoms with Crippen molar-refractivity contribution in [1.29, 1.82) is 0 Å². The van der Waals surface area contributed by atoms with E-state index in [-0.39, 0.29) is 0 Å². The summed E-state index contributed by atoms with van der Waals surface area (Å²) in [6, 6.07) is 1.44. The van der Waals surface area contributed by atoms with E-state index in [2.05, 4.69) is 38.8 Å². The van der Waals surface area contributed by atoms with Crippen molar-refractivity contribution in [3.63, 3.8) is 0 Å². The van der Waals surface area contributed by atoms with Crippen LogP contribution in [-0.2, 0) is 13.1 Å². The zero-order valence-corrected chi connectivity index (χ0v) is 12.0. The molecule has 2 unspecified atom stereocenters. The molecule has 106 valence electrons. The third-order valence-electron chi connectivity index (χ3n) is 4.21. The normalized spacial score (nSPS) is 27.9. The van der Waals surface area contributed by atoms with E-state index in [0.717, 1.165) is 31.5 Å². The molecule has 3 heterocycles. The van der Waals surface area contributed by atoms with E-state index in [1.54, 1.807) is 6.33 Å². The second-order valence-corrected chi connectivity index (χ2v) is 6.41. The van der Waals surface area contributed by atoms with E-state index in [9.17, 15) is 0 Å². The summed E-state index contributed by atoms with van der Waals surface area (Å²) in [6.07, 6.45) is 5.66. The summed E-state index contributed by atoms with van der Waals surface area (Å²) < 4.78 is 2.07. The summed E-state index contributed by atoms with van der Waals surface area (Å²) >= 11 is 0. The first-order valence-electron chi connectivity index (χ1n) is 7.56. The fourth-order valence-corrected chi connectivity index (χ4v) is 3.27. The smallest absolute Gasteiger partial charge is 0.141 e. The molecule has 2 saturated heterocycles. The molecule has 2 aliphatic rings. The number of likely N-dealkylation sites (tertiary alicyclic amines) is 1. The topological polar surface area (TPSA) is 46.0 Å². The van der Waals surface area contributed by atoms with E-state index in [0.29, 0.717) is 12.0 Å². The molecule has 2 atom stereocenters. The van der Waals surface area contributed by atoms with Gasteiger partial charge in [-0.2, -0.15) is 5.10 Å².